The first-order valence-electron chi connectivity index (χ1n) is 5.64. The number of hydrogen-bond donors (Lipinski definition) is 2. The molecule has 0 unspecified atom stereocenters. The minimum absolute atomic E-state index is 0.359. The third-order valence-electron chi connectivity index (χ3n) is 2.89. The van der Waals surface area contributed by atoms with Crippen molar-refractivity contribution in [1.29, 1.82) is 0 Å². The fourth-order valence-electron chi connectivity index (χ4n) is 2.00. The Kier molecular flexibility index (Phi) is 3.86. The van der Waals surface area contributed by atoms with Crippen LogP contribution in [0.2, 0.25) is 0 Å². The monoisotopic (exact) mass is 312 g/mol. The van der Waals surface area contributed by atoms with E-state index in [0.717, 1.165) is 10.9 Å². The number of benzene rings is 1. The van der Waals surface area contributed by atoms with E-state index in [1.54, 1.807) is 12.1 Å². The van der Waals surface area contributed by atoms with E-state index in [0.29, 0.717) is 18.7 Å². The zero-order valence-corrected chi connectivity index (χ0v) is 11.2. The van der Waals surface area contributed by atoms with Gasteiger partial charge in [-0.25, -0.2) is 9.59 Å². The number of likely N-dealkylation sites (tertiary alicyclic amines) is 1. The van der Waals surface area contributed by atoms with Gasteiger partial charge < -0.3 is 15.3 Å². The van der Waals surface area contributed by atoms with E-state index in [1.807, 2.05) is 12.1 Å². The third-order valence-corrected chi connectivity index (χ3v) is 3.42. The van der Waals surface area contributed by atoms with Crippen molar-refractivity contribution >= 4 is 33.6 Å². The largest absolute Gasteiger partial charge is 0.480 e. The Bertz CT molecular complexity index is 461. The number of nitrogens with zero attached hydrogens (tertiary/aromatic N) is 1. The van der Waals surface area contributed by atoms with Crippen LogP contribution in [0.5, 0.6) is 0 Å². The molecule has 1 heterocycles. The second-order valence-corrected chi connectivity index (χ2v) is 5.04. The van der Waals surface area contributed by atoms with Gasteiger partial charge in [-0.2, -0.15) is 0 Å². The van der Waals surface area contributed by atoms with Gasteiger partial charge in [-0.3, -0.25) is 0 Å². The Balaban J connectivity index is 2.03. The van der Waals surface area contributed by atoms with Crippen LogP contribution in [0.3, 0.4) is 0 Å². The van der Waals surface area contributed by atoms with E-state index in [-0.39, 0.29) is 6.03 Å². The van der Waals surface area contributed by atoms with Gasteiger partial charge in [0.2, 0.25) is 0 Å². The Morgan fingerprint density at radius 3 is 2.61 bits per heavy atom. The molecule has 1 aromatic carbocycles. The van der Waals surface area contributed by atoms with Crippen molar-refractivity contribution in [2.45, 2.75) is 18.9 Å². The van der Waals surface area contributed by atoms with Crippen LogP contribution in [-0.4, -0.2) is 34.6 Å². The molecule has 0 aromatic heterocycles. The van der Waals surface area contributed by atoms with Gasteiger partial charge in [-0.1, -0.05) is 15.9 Å². The maximum absolute atomic E-state index is 12.0. The van der Waals surface area contributed by atoms with Gasteiger partial charge in [0.25, 0.3) is 0 Å². The summed E-state index contributed by atoms with van der Waals surface area (Å²) in [5.41, 5.74) is 0.652. The molecule has 0 saturated carbocycles. The summed E-state index contributed by atoms with van der Waals surface area (Å²) >= 11 is 3.31. The summed E-state index contributed by atoms with van der Waals surface area (Å²) in [7, 11) is 0. The van der Waals surface area contributed by atoms with Crippen molar-refractivity contribution < 1.29 is 14.7 Å². The number of rotatable bonds is 2. The van der Waals surface area contributed by atoms with E-state index < -0.39 is 12.0 Å². The summed E-state index contributed by atoms with van der Waals surface area (Å²) in [5.74, 6) is -0.946. The molecule has 0 aliphatic carbocycles. The molecule has 1 aliphatic heterocycles. The molecule has 2 amide bonds. The molecule has 0 spiro atoms. The molecule has 6 heteroatoms. The van der Waals surface area contributed by atoms with Crippen LogP contribution in [0.25, 0.3) is 0 Å². The molecule has 2 rings (SSSR count). The topological polar surface area (TPSA) is 69.6 Å². The Morgan fingerprint density at radius 2 is 2.00 bits per heavy atom. The van der Waals surface area contributed by atoms with Crippen molar-refractivity contribution in [3.05, 3.63) is 28.7 Å². The van der Waals surface area contributed by atoms with Crippen molar-refractivity contribution in [3.63, 3.8) is 0 Å². The van der Waals surface area contributed by atoms with Gasteiger partial charge >= 0.3 is 12.0 Å². The number of carbonyl (C=O) groups is 2. The number of carboxylic acid groups (broad SMARTS) is 1. The smallest absolute Gasteiger partial charge is 0.326 e. The van der Waals surface area contributed by atoms with Crippen molar-refractivity contribution in [3.8, 4) is 0 Å². The average molecular weight is 313 g/mol. The van der Waals surface area contributed by atoms with E-state index in [4.69, 9.17) is 5.11 Å². The fraction of sp³-hybridized carbons (Fsp3) is 0.333. The maximum Gasteiger partial charge on any atom is 0.326 e. The standard InChI is InChI=1S/C12H13BrN2O3/c13-8-3-5-9(6-4-8)14-12(18)15-7-1-2-10(15)11(16)17/h3-6,10H,1-2,7H2,(H,14,18)(H,16,17)/t10-/m0/s1. The number of aliphatic carboxylic acids is 1. The van der Waals surface area contributed by atoms with E-state index >= 15 is 0 Å². The number of amides is 2. The minimum Gasteiger partial charge on any atom is -0.480 e. The summed E-state index contributed by atoms with van der Waals surface area (Å²) in [4.78, 5) is 24.3. The minimum atomic E-state index is -0.946. The normalized spacial score (nSPS) is 18.7. The first-order valence-corrected chi connectivity index (χ1v) is 6.43. The zero-order chi connectivity index (χ0) is 13.1. The predicted octanol–water partition coefficient (Wildman–Crippen LogP) is 2.53. The quantitative estimate of drug-likeness (QED) is 0.881. The summed E-state index contributed by atoms with van der Waals surface area (Å²) in [6, 6.07) is 6.08. The van der Waals surface area contributed by atoms with Crippen molar-refractivity contribution in [1.82, 2.24) is 4.90 Å². The van der Waals surface area contributed by atoms with Gasteiger partial charge in [-0.05, 0) is 37.1 Å². The highest BCUT2D eigenvalue weighted by Gasteiger charge is 2.33. The SMILES string of the molecule is O=C(O)[C@@H]1CCCN1C(=O)Nc1ccc(Br)cc1. The van der Waals surface area contributed by atoms with E-state index in [2.05, 4.69) is 21.2 Å². The van der Waals surface area contributed by atoms with Crippen LogP contribution in [0.1, 0.15) is 12.8 Å². The molecule has 1 fully saturated rings. The average Bonchev–Trinajstić information content (AvgIpc) is 2.81. The number of nitrogens with one attached hydrogen (secondary N) is 1. The molecule has 1 atom stereocenters. The van der Waals surface area contributed by atoms with Gasteiger partial charge in [-0.15, -0.1) is 0 Å². The second kappa shape index (κ2) is 5.39. The Morgan fingerprint density at radius 1 is 1.33 bits per heavy atom. The molecule has 1 saturated heterocycles. The highest BCUT2D eigenvalue weighted by Crippen LogP contribution is 2.20. The Hall–Kier alpha value is -1.56. The van der Waals surface area contributed by atoms with Crippen molar-refractivity contribution in [2.75, 3.05) is 11.9 Å². The van der Waals surface area contributed by atoms with Crippen LogP contribution in [0.15, 0.2) is 28.7 Å². The molecule has 1 aliphatic rings. The van der Waals surface area contributed by atoms with Crippen molar-refractivity contribution in [2.24, 2.45) is 0 Å². The molecule has 0 bridgehead atoms. The second-order valence-electron chi connectivity index (χ2n) is 4.13. The lowest BCUT2D eigenvalue weighted by atomic mass is 10.2. The summed E-state index contributed by atoms with van der Waals surface area (Å²) in [5, 5.41) is 11.7. The van der Waals surface area contributed by atoms with Gasteiger partial charge in [0.1, 0.15) is 6.04 Å². The number of carbonyl (C=O) groups excluding carboxylic acids is 1. The molecular weight excluding hydrogens is 300 g/mol. The van der Waals surface area contributed by atoms with Crippen LogP contribution in [0, 0.1) is 0 Å². The van der Waals surface area contributed by atoms with Gasteiger partial charge in [0.05, 0.1) is 0 Å². The first kappa shape index (κ1) is 12.9. The van der Waals surface area contributed by atoms with Crippen LogP contribution < -0.4 is 5.32 Å². The molecule has 0 radical (unpaired) electrons. The predicted molar refractivity (Wildman–Crippen MR) is 70.5 cm³/mol. The number of carboxylic acids is 1. The number of anilines is 1. The fourth-order valence-corrected chi connectivity index (χ4v) is 2.26. The maximum atomic E-state index is 12.0. The Labute approximate surface area is 113 Å². The first-order chi connectivity index (χ1) is 8.58. The number of halogens is 1. The van der Waals surface area contributed by atoms with Gasteiger partial charge in [0.15, 0.2) is 0 Å². The van der Waals surface area contributed by atoms with Crippen LogP contribution in [-0.2, 0) is 4.79 Å². The van der Waals surface area contributed by atoms with E-state index in [1.165, 1.54) is 4.90 Å². The van der Waals surface area contributed by atoms with Crippen LogP contribution >= 0.6 is 15.9 Å². The lowest BCUT2D eigenvalue weighted by molar-refractivity contribution is -0.141. The molecule has 5 nitrogen and oxygen atoms in total. The highest BCUT2D eigenvalue weighted by molar-refractivity contribution is 9.10. The third kappa shape index (κ3) is 2.81. The zero-order valence-electron chi connectivity index (χ0n) is 9.60. The molecule has 96 valence electrons. The van der Waals surface area contributed by atoms with E-state index in [9.17, 15) is 9.59 Å². The van der Waals surface area contributed by atoms with Gasteiger partial charge in [0, 0.05) is 16.7 Å². The molecule has 18 heavy (non-hydrogen) atoms. The summed E-state index contributed by atoms with van der Waals surface area (Å²) < 4.78 is 0.921. The highest BCUT2D eigenvalue weighted by atomic mass is 79.9. The molecule has 2 N–H and O–H groups in total. The molecular formula is C12H13BrN2O3. The number of hydrogen-bond acceptors (Lipinski definition) is 2. The number of urea groups is 1. The molecule has 1 aromatic rings. The van der Waals surface area contributed by atoms with Crippen LogP contribution in [0.4, 0.5) is 10.5 Å². The lowest BCUT2D eigenvalue weighted by Crippen LogP contribution is -2.42. The summed E-state index contributed by atoms with van der Waals surface area (Å²) in [6.07, 6.45) is 1.24. The summed E-state index contributed by atoms with van der Waals surface area (Å²) in [6.45, 7) is 0.485. The lowest BCUT2D eigenvalue weighted by Gasteiger charge is -2.21.